The standard InChI is InChI=1S/C66H128O17P2/c1-9-59(8)45-37-29-24-25-33-41-49-66(71)83-62(53-76-63(68)46-38-30-21-16-15-19-27-35-43-57(4)5)55-81-85(74,75)79-51-60(67)50-78-84(72,73)80-54-61(52-77-64(69)47-39-31-23-17-20-28-36-44-58(6)7)82-65(70)48-40-32-22-14-12-10-11-13-18-26-34-42-56(2)3/h56-62,67H,9-55H2,1-8H3,(H,72,73)(H,74,75)/t59?,60?,61-,62-/m1/s1. The number of unbranched alkanes of at least 4 members (excludes halogenated alkanes) is 28. The summed E-state index contributed by atoms with van der Waals surface area (Å²) in [5.41, 5.74) is 0. The van der Waals surface area contributed by atoms with Gasteiger partial charge in [-0.15, -0.1) is 0 Å². The van der Waals surface area contributed by atoms with Gasteiger partial charge in [-0.1, -0.05) is 267 Å². The van der Waals surface area contributed by atoms with Crippen LogP contribution in [-0.2, 0) is 65.4 Å². The summed E-state index contributed by atoms with van der Waals surface area (Å²) in [5, 5.41) is 10.5. The third kappa shape index (κ3) is 59.5. The molecule has 504 valence electrons. The molecule has 0 aromatic heterocycles. The first-order chi connectivity index (χ1) is 40.6. The average molecular weight is 1260 g/mol. The highest BCUT2D eigenvalue weighted by Crippen LogP contribution is 2.45. The first-order valence-corrected chi connectivity index (χ1v) is 37.2. The van der Waals surface area contributed by atoms with Crippen molar-refractivity contribution in [1.82, 2.24) is 0 Å². The summed E-state index contributed by atoms with van der Waals surface area (Å²) in [6.07, 6.45) is 36.3. The molecule has 17 nitrogen and oxygen atoms in total. The minimum absolute atomic E-state index is 0.102. The van der Waals surface area contributed by atoms with E-state index in [-0.39, 0.29) is 25.7 Å². The molecule has 0 saturated heterocycles. The lowest BCUT2D eigenvalue weighted by Crippen LogP contribution is -2.30. The molecule has 19 heteroatoms. The largest absolute Gasteiger partial charge is 0.472 e. The van der Waals surface area contributed by atoms with Crippen molar-refractivity contribution >= 4 is 39.5 Å². The Balaban J connectivity index is 5.25. The fourth-order valence-electron chi connectivity index (χ4n) is 9.75. The van der Waals surface area contributed by atoms with Crippen molar-refractivity contribution in [2.75, 3.05) is 39.6 Å². The fourth-order valence-corrected chi connectivity index (χ4v) is 11.3. The Morgan fingerprint density at radius 1 is 0.329 bits per heavy atom. The van der Waals surface area contributed by atoms with Gasteiger partial charge in [-0.2, -0.15) is 0 Å². The molecule has 0 saturated carbocycles. The van der Waals surface area contributed by atoms with E-state index in [2.05, 4.69) is 55.4 Å². The molecule has 0 spiro atoms. The predicted molar refractivity (Wildman–Crippen MR) is 340 cm³/mol. The van der Waals surface area contributed by atoms with Gasteiger partial charge in [0, 0.05) is 25.7 Å². The second-order valence-corrected chi connectivity index (χ2v) is 28.4. The Hall–Kier alpha value is -1.94. The van der Waals surface area contributed by atoms with E-state index in [4.69, 9.17) is 37.0 Å². The van der Waals surface area contributed by atoms with Gasteiger partial charge in [0.05, 0.1) is 26.4 Å². The number of carbonyl (C=O) groups excluding carboxylic acids is 4. The van der Waals surface area contributed by atoms with E-state index < -0.39 is 97.5 Å². The van der Waals surface area contributed by atoms with Crippen LogP contribution in [0.4, 0.5) is 0 Å². The number of hydrogen-bond donors (Lipinski definition) is 3. The number of hydrogen-bond acceptors (Lipinski definition) is 15. The Morgan fingerprint density at radius 2 is 0.565 bits per heavy atom. The SMILES string of the molecule is CCC(C)CCCCCCCCC(=O)O[C@H](COC(=O)CCCCCCCCCCC(C)C)COP(=O)(O)OCC(O)COP(=O)(O)OC[C@@H](COC(=O)CCCCCCCCCC(C)C)OC(=O)CCCCCCCCCCCCCC(C)C. The van der Waals surface area contributed by atoms with Crippen molar-refractivity contribution in [3.05, 3.63) is 0 Å². The van der Waals surface area contributed by atoms with Crippen molar-refractivity contribution in [3.63, 3.8) is 0 Å². The number of phosphoric acid groups is 2. The third-order valence-electron chi connectivity index (χ3n) is 15.4. The third-order valence-corrected chi connectivity index (χ3v) is 17.3. The number of aliphatic hydroxyl groups is 1. The molecule has 3 N–H and O–H groups in total. The summed E-state index contributed by atoms with van der Waals surface area (Å²) in [7, 11) is -9.89. The second kappa shape index (κ2) is 56.1. The van der Waals surface area contributed by atoms with E-state index in [1.807, 2.05) is 0 Å². The molecule has 85 heavy (non-hydrogen) atoms. The van der Waals surface area contributed by atoms with Crippen LogP contribution in [-0.4, -0.2) is 96.7 Å². The molecule has 0 aliphatic rings. The molecule has 0 bridgehead atoms. The number of ether oxygens (including phenoxy) is 4. The number of phosphoric ester groups is 2. The number of aliphatic hydroxyl groups excluding tert-OH is 1. The molecule has 0 aromatic rings. The van der Waals surface area contributed by atoms with Crippen LogP contribution in [0.15, 0.2) is 0 Å². The normalized spacial score (nSPS) is 14.7. The van der Waals surface area contributed by atoms with Crippen LogP contribution in [0.5, 0.6) is 0 Å². The van der Waals surface area contributed by atoms with E-state index in [9.17, 15) is 43.2 Å². The maximum atomic E-state index is 13.0. The predicted octanol–water partition coefficient (Wildman–Crippen LogP) is 18.1. The van der Waals surface area contributed by atoms with Crippen LogP contribution in [0.1, 0.15) is 319 Å². The van der Waals surface area contributed by atoms with Crippen molar-refractivity contribution in [1.29, 1.82) is 0 Å². The summed E-state index contributed by atoms with van der Waals surface area (Å²) in [6.45, 7) is 14.0. The van der Waals surface area contributed by atoms with Gasteiger partial charge in [0.1, 0.15) is 19.3 Å². The number of rotatable bonds is 63. The maximum absolute atomic E-state index is 13.0. The van der Waals surface area contributed by atoms with Gasteiger partial charge in [0.2, 0.25) is 0 Å². The van der Waals surface area contributed by atoms with Crippen LogP contribution in [0.2, 0.25) is 0 Å². The van der Waals surface area contributed by atoms with Crippen LogP contribution < -0.4 is 0 Å². The highest BCUT2D eigenvalue weighted by Gasteiger charge is 2.30. The summed E-state index contributed by atoms with van der Waals surface area (Å²) < 4.78 is 68.1. The highest BCUT2D eigenvalue weighted by molar-refractivity contribution is 7.47. The number of esters is 4. The zero-order chi connectivity index (χ0) is 63.2. The smallest absolute Gasteiger partial charge is 0.462 e. The fraction of sp³-hybridized carbons (Fsp3) is 0.939. The first kappa shape index (κ1) is 83.1. The molecule has 0 amide bonds. The molecular formula is C66H128O17P2. The Morgan fingerprint density at radius 3 is 0.835 bits per heavy atom. The maximum Gasteiger partial charge on any atom is 0.472 e. The minimum Gasteiger partial charge on any atom is -0.462 e. The molecular weight excluding hydrogens is 1130 g/mol. The molecule has 4 unspecified atom stereocenters. The van der Waals surface area contributed by atoms with E-state index in [1.54, 1.807) is 0 Å². The lowest BCUT2D eigenvalue weighted by molar-refractivity contribution is -0.161. The number of carbonyl (C=O) groups is 4. The monoisotopic (exact) mass is 1250 g/mol. The van der Waals surface area contributed by atoms with Crippen molar-refractivity contribution in [3.8, 4) is 0 Å². The summed E-state index contributed by atoms with van der Waals surface area (Å²) >= 11 is 0. The van der Waals surface area contributed by atoms with Gasteiger partial charge in [0.25, 0.3) is 0 Å². The van der Waals surface area contributed by atoms with Crippen LogP contribution in [0, 0.1) is 23.7 Å². The van der Waals surface area contributed by atoms with E-state index in [0.29, 0.717) is 31.6 Å². The Labute approximate surface area is 517 Å². The summed E-state index contributed by atoms with van der Waals surface area (Å²) in [4.78, 5) is 72.3. The molecule has 0 radical (unpaired) electrons. The van der Waals surface area contributed by atoms with E-state index in [1.165, 1.54) is 116 Å². The van der Waals surface area contributed by atoms with Crippen LogP contribution >= 0.6 is 15.6 Å². The molecule has 0 heterocycles. The lowest BCUT2D eigenvalue weighted by Gasteiger charge is -2.21. The quantitative estimate of drug-likeness (QED) is 0.0222. The molecule has 6 atom stereocenters. The van der Waals surface area contributed by atoms with Gasteiger partial charge in [-0.05, 0) is 49.4 Å². The van der Waals surface area contributed by atoms with Crippen molar-refractivity contribution in [2.45, 2.75) is 337 Å². The second-order valence-electron chi connectivity index (χ2n) is 25.5. The Kier molecular flexibility index (Phi) is 54.8. The topological polar surface area (TPSA) is 237 Å². The first-order valence-electron chi connectivity index (χ1n) is 34.2. The minimum atomic E-state index is -4.95. The van der Waals surface area contributed by atoms with Gasteiger partial charge in [-0.25, -0.2) is 9.13 Å². The molecule has 0 fully saturated rings. The highest BCUT2D eigenvalue weighted by atomic mass is 31.2. The van der Waals surface area contributed by atoms with Gasteiger partial charge in [0.15, 0.2) is 12.2 Å². The zero-order valence-corrected chi connectivity index (χ0v) is 57.0. The summed E-state index contributed by atoms with van der Waals surface area (Å²) in [6, 6.07) is 0. The van der Waals surface area contributed by atoms with Crippen LogP contribution in [0.3, 0.4) is 0 Å². The molecule has 0 aliphatic carbocycles. The van der Waals surface area contributed by atoms with Gasteiger partial charge in [-0.3, -0.25) is 37.3 Å². The van der Waals surface area contributed by atoms with Gasteiger partial charge >= 0.3 is 39.5 Å². The molecule has 0 rings (SSSR count). The molecule has 0 aliphatic heterocycles. The lowest BCUT2D eigenvalue weighted by atomic mass is 10.00. The average Bonchev–Trinajstić information content (AvgIpc) is 3.58. The van der Waals surface area contributed by atoms with Crippen molar-refractivity contribution < 1.29 is 80.2 Å². The Bertz CT molecular complexity index is 1700. The van der Waals surface area contributed by atoms with E-state index in [0.717, 1.165) is 114 Å². The van der Waals surface area contributed by atoms with Crippen molar-refractivity contribution in [2.24, 2.45) is 23.7 Å². The zero-order valence-electron chi connectivity index (χ0n) is 55.2. The summed E-state index contributed by atoms with van der Waals surface area (Å²) in [5.74, 6) is 0.778. The van der Waals surface area contributed by atoms with E-state index >= 15 is 0 Å². The van der Waals surface area contributed by atoms with Gasteiger partial charge < -0.3 is 33.8 Å². The molecule has 0 aromatic carbocycles. The van der Waals surface area contributed by atoms with Crippen LogP contribution in [0.25, 0.3) is 0 Å².